The highest BCUT2D eigenvalue weighted by Gasteiger charge is 2.42. The van der Waals surface area contributed by atoms with Gasteiger partial charge in [0.05, 0.1) is 61.9 Å². The molecule has 0 saturated carbocycles. The zero-order valence-corrected chi connectivity index (χ0v) is 69.8. The number of pyridine rings is 1. The maximum absolute atomic E-state index is 13.4. The van der Waals surface area contributed by atoms with Crippen LogP contribution in [0.4, 0.5) is 32.3 Å². The molecule has 5 aromatic carbocycles. The SMILES string of the molecule is CC(=O)N1CC(C(=O)Cl)C1.CC(=O)N1CC(C(=O)O)C1.CC(=O)N1CC(C(=O)c2ccc(F)cc2F)C1.CC(=O)N1CC(c2c(C(=O)O)oc3cc(F)ccc23)C1.CC(=O)N1CC(c2coc3cc(F)ccc23)C1.COC(=O)c1oc2cc(F)ccc2c1C1CN(C(C)=O)C1.COCc1nnc(N2CC(c3coc4cc(F)ccc34)C2)n1-c1ccc(OC)nc1. The average Bonchev–Trinajstić information content (AvgIpc) is 1.62. The van der Waals surface area contributed by atoms with Crippen LogP contribution in [0, 0.1) is 52.7 Å². The quantitative estimate of drug-likeness (QED) is 0.0416. The third kappa shape index (κ3) is 20.6. The van der Waals surface area contributed by atoms with Crippen LogP contribution < -0.4 is 9.64 Å². The predicted molar refractivity (Wildman–Crippen MR) is 436 cm³/mol. The molecule has 0 radical (unpaired) electrons. The van der Waals surface area contributed by atoms with E-state index in [0.717, 1.165) is 71.8 Å². The van der Waals surface area contributed by atoms with Crippen molar-refractivity contribution in [2.24, 2.45) is 17.8 Å². The van der Waals surface area contributed by atoms with Crippen LogP contribution in [0.3, 0.4) is 0 Å². The van der Waals surface area contributed by atoms with Crippen molar-refractivity contribution in [3.8, 4) is 11.6 Å². The zero-order valence-electron chi connectivity index (χ0n) is 69.0. The number of hydrogen-bond donors (Lipinski definition) is 2. The van der Waals surface area contributed by atoms with E-state index in [9.17, 15) is 84.2 Å². The van der Waals surface area contributed by atoms with E-state index in [4.69, 9.17) is 48.6 Å². The number of carboxylic acid groups (broad SMARTS) is 2. The normalized spacial score (nSPS) is 15.7. The molecule has 13 heterocycles. The summed E-state index contributed by atoms with van der Waals surface area (Å²) in [5, 5.41) is 29.1. The number of ketones is 1. The van der Waals surface area contributed by atoms with E-state index in [1.807, 2.05) is 10.6 Å². The molecular formula is C87H86ClF6N11O20. The fraction of sp³-hybridized carbons (Fsp3) is 0.356. The van der Waals surface area contributed by atoms with Crippen molar-refractivity contribution in [2.75, 3.05) is 118 Å². The lowest BCUT2D eigenvalue weighted by atomic mass is 9.89. The number of benzene rings is 5. The van der Waals surface area contributed by atoms with Crippen molar-refractivity contribution in [2.45, 2.75) is 71.8 Å². The Labute approximate surface area is 713 Å². The lowest BCUT2D eigenvalue weighted by molar-refractivity contribution is -0.152. The molecule has 2 N–H and O–H groups in total. The van der Waals surface area contributed by atoms with E-state index < -0.39 is 41.2 Å². The van der Waals surface area contributed by atoms with Crippen molar-refractivity contribution in [1.29, 1.82) is 0 Å². The van der Waals surface area contributed by atoms with Crippen LogP contribution in [0.1, 0.15) is 125 Å². The fourth-order valence-corrected chi connectivity index (χ4v) is 15.0. The van der Waals surface area contributed by atoms with Gasteiger partial charge in [-0.3, -0.25) is 47.7 Å². The second-order valence-corrected chi connectivity index (χ2v) is 31.0. The number of likely N-dealkylation sites (tertiary alicyclic amines) is 6. The summed E-state index contributed by atoms with van der Waals surface area (Å²) in [6, 6.07) is 23.9. The number of aromatic nitrogens is 4. The summed E-state index contributed by atoms with van der Waals surface area (Å²) in [6.45, 7) is 16.5. The van der Waals surface area contributed by atoms with Gasteiger partial charge in [-0.05, 0) is 78.3 Å². The van der Waals surface area contributed by atoms with Crippen LogP contribution in [0.15, 0.2) is 140 Å². The molecule has 7 fully saturated rings. The van der Waals surface area contributed by atoms with Crippen molar-refractivity contribution >= 4 is 126 Å². The number of amides is 6. The standard InChI is InChI=1S/C21H20FN5O3.C15H14FNO4.C14H12FNO4.C13H12FNO2.C12H11F2NO2.C6H8ClNO2.C6H9NO3/c1-28-12-19-24-25-21(27(19)15-4-6-20(29-2)23-8-15)26-9-13(10-26)17-11-30-18-7-14(22)3-5-16(17)18;1-8(18)17-6-9(7-17)13-11-4-3-10(16)5-12(11)21-14(13)15(19)20-2;1-7(17)16-5-8(6-16)12-10-3-2-9(15)4-11(10)20-13(12)14(18)19;1-8(16)15-5-9(6-15)12-7-17-13-4-10(14)2-3-11(12)13;1-7(16)15-5-8(6-15)12(17)10-3-2-9(13)4-11(10)14;1-4(9)8-2-5(3-8)6(7)10;1-4(8)7-2-5(3-7)6(9)10/h3-8,11,13H,9-10,12H2,1-2H3;3-5,9H,6-7H2,1-2H3;2-4,8H,5-6H2,1H3,(H,18,19);2-4,7,9H,5-6H2,1H3;2-4,8H,5-6H2,1H3;5H,2-3H2,1H3;5H,2-3H2,1H3,(H,9,10). The minimum atomic E-state index is -1.18. The molecule has 18 rings (SSSR count). The molecule has 11 aromatic rings. The van der Waals surface area contributed by atoms with Gasteiger partial charge < -0.3 is 76.4 Å². The predicted octanol–water partition coefficient (Wildman–Crippen LogP) is 11.7. The average molecular weight is 1760 g/mol. The van der Waals surface area contributed by atoms with Gasteiger partial charge in [-0.25, -0.2) is 40.9 Å². The number of furan rings is 4. The third-order valence-corrected chi connectivity index (χ3v) is 22.6. The van der Waals surface area contributed by atoms with E-state index in [1.54, 1.807) is 83.7 Å². The van der Waals surface area contributed by atoms with Gasteiger partial charge in [0.15, 0.2) is 11.6 Å². The first-order valence-corrected chi connectivity index (χ1v) is 39.6. The summed E-state index contributed by atoms with van der Waals surface area (Å²) >= 11 is 5.17. The Hall–Kier alpha value is -13.5. The number of carbonyl (C=O) groups is 11. The van der Waals surface area contributed by atoms with Crippen molar-refractivity contribution < 1.29 is 121 Å². The number of nitrogens with zero attached hydrogens (tertiary/aromatic N) is 11. The number of aliphatic carboxylic acids is 1. The largest absolute Gasteiger partial charge is 0.481 e. The first-order valence-electron chi connectivity index (χ1n) is 39.2. The van der Waals surface area contributed by atoms with Gasteiger partial charge in [0.2, 0.25) is 64.0 Å². The van der Waals surface area contributed by atoms with Gasteiger partial charge in [-0.2, -0.15) is 0 Å². The lowest BCUT2D eigenvalue weighted by Crippen LogP contribution is -2.52. The van der Waals surface area contributed by atoms with E-state index in [2.05, 4.69) is 20.1 Å². The van der Waals surface area contributed by atoms with E-state index in [1.165, 1.54) is 106 Å². The molecule has 38 heteroatoms. The summed E-state index contributed by atoms with van der Waals surface area (Å²) in [5.41, 5.74) is 5.77. The maximum atomic E-state index is 13.4. The van der Waals surface area contributed by atoms with Gasteiger partial charge in [-0.15, -0.1) is 10.2 Å². The maximum Gasteiger partial charge on any atom is 0.374 e. The first-order chi connectivity index (χ1) is 59.5. The Morgan fingerprint density at radius 2 is 0.856 bits per heavy atom. The molecule has 7 aliphatic heterocycles. The lowest BCUT2D eigenvalue weighted by Gasteiger charge is -2.39. The molecule has 7 aliphatic rings. The van der Waals surface area contributed by atoms with Crippen LogP contribution in [0.25, 0.3) is 49.6 Å². The highest BCUT2D eigenvalue weighted by Crippen LogP contribution is 2.42. The van der Waals surface area contributed by atoms with Crippen LogP contribution >= 0.6 is 11.6 Å². The van der Waals surface area contributed by atoms with Crippen LogP contribution in [-0.4, -0.2) is 237 Å². The van der Waals surface area contributed by atoms with Crippen LogP contribution in [-0.2, 0) is 54.4 Å². The number of Topliss-reactive ketones (excluding diaryl/α,β-unsaturated/α-hetero) is 1. The van der Waals surface area contributed by atoms with E-state index in [-0.39, 0.29) is 116 Å². The monoisotopic (exact) mass is 1750 g/mol. The second-order valence-electron chi connectivity index (χ2n) is 30.6. The van der Waals surface area contributed by atoms with Crippen LogP contribution in [0.2, 0.25) is 0 Å². The summed E-state index contributed by atoms with van der Waals surface area (Å²) < 4.78 is 118. The molecule has 0 spiro atoms. The summed E-state index contributed by atoms with van der Waals surface area (Å²) in [5.74, 6) is -4.59. The Morgan fingerprint density at radius 3 is 1.26 bits per heavy atom. The molecule has 0 bridgehead atoms. The second kappa shape index (κ2) is 39.0. The molecule has 125 heavy (non-hydrogen) atoms. The van der Waals surface area contributed by atoms with Crippen LogP contribution in [0.5, 0.6) is 5.88 Å². The van der Waals surface area contributed by atoms with Crippen molar-refractivity contribution in [1.82, 2.24) is 49.1 Å². The molecule has 7 saturated heterocycles. The first kappa shape index (κ1) is 90.8. The minimum Gasteiger partial charge on any atom is -0.481 e. The number of fused-ring (bicyclic) bond motifs is 4. The molecular weight excluding hydrogens is 1670 g/mol. The number of aromatic carboxylic acids is 1. The molecule has 0 unspecified atom stereocenters. The Morgan fingerprint density at radius 1 is 0.456 bits per heavy atom. The Kier molecular flexibility index (Phi) is 28.3. The molecule has 0 atom stereocenters. The van der Waals surface area contributed by atoms with Gasteiger partial charge in [0.25, 0.3) is 0 Å². The highest BCUT2D eigenvalue weighted by atomic mass is 35.5. The number of hydrogen-bond acceptors (Lipinski definition) is 22. The summed E-state index contributed by atoms with van der Waals surface area (Å²) in [7, 11) is 4.47. The Balaban J connectivity index is 0.000000137. The summed E-state index contributed by atoms with van der Waals surface area (Å²) in [4.78, 5) is 137. The van der Waals surface area contributed by atoms with Gasteiger partial charge in [-0.1, -0.05) is 0 Å². The van der Waals surface area contributed by atoms with Crippen molar-refractivity contribution in [3.05, 3.63) is 202 Å². The van der Waals surface area contributed by atoms with E-state index in [0.29, 0.717) is 134 Å². The number of rotatable bonds is 15. The Bertz CT molecular complexity index is 5860. The van der Waals surface area contributed by atoms with E-state index >= 15 is 0 Å². The number of ether oxygens (including phenoxy) is 3. The highest BCUT2D eigenvalue weighted by molar-refractivity contribution is 6.64. The molecule has 31 nitrogen and oxygen atoms in total. The number of carboxylic acids is 2. The van der Waals surface area contributed by atoms with Gasteiger partial charge in [0, 0.05) is 244 Å². The molecule has 658 valence electrons. The van der Waals surface area contributed by atoms with Gasteiger partial charge in [0.1, 0.15) is 63.8 Å². The summed E-state index contributed by atoms with van der Waals surface area (Å²) in [6.07, 6.45) is 5.12. The fourth-order valence-electron chi connectivity index (χ4n) is 14.9. The number of carbonyl (C=O) groups excluding carboxylic acids is 9. The third-order valence-electron chi connectivity index (χ3n) is 22.3. The number of halogens is 7. The van der Waals surface area contributed by atoms with Crippen molar-refractivity contribution in [3.63, 3.8) is 0 Å². The zero-order chi connectivity index (χ0) is 90.3. The molecule has 6 aromatic heterocycles. The smallest absolute Gasteiger partial charge is 0.374 e. The molecule has 0 aliphatic carbocycles. The number of anilines is 1. The van der Waals surface area contributed by atoms with Gasteiger partial charge >= 0.3 is 17.9 Å². The minimum absolute atomic E-state index is 0.00490. The number of methoxy groups -OCH3 is 3. The molecule has 6 amide bonds. The number of esters is 1. The topological polar surface area (TPSA) is 375 Å².